The lowest BCUT2D eigenvalue weighted by atomic mass is 10.1. The molecular weight excluding hydrogens is 331 g/mol. The molecule has 0 amide bonds. The maximum Gasteiger partial charge on any atom is 0.417 e. The Hall–Kier alpha value is -1.77. The fraction of sp³-hybridized carbons (Fsp3) is 0.500. The average Bonchev–Trinajstić information content (AvgIpc) is 3.25. The first-order valence-corrected chi connectivity index (χ1v) is 8.88. The predicted molar refractivity (Wildman–Crippen MR) is 80.9 cm³/mol. The summed E-state index contributed by atoms with van der Waals surface area (Å²) in [6, 6.07) is 3.57. The Kier molecular flexibility index (Phi) is 4.88. The van der Waals surface area contributed by atoms with Gasteiger partial charge < -0.3 is 10.6 Å². The van der Waals surface area contributed by atoms with Gasteiger partial charge in [-0.3, -0.25) is 4.99 Å². The van der Waals surface area contributed by atoms with Gasteiger partial charge in [0.25, 0.3) is 0 Å². The van der Waals surface area contributed by atoms with Gasteiger partial charge in [-0.05, 0) is 30.5 Å². The van der Waals surface area contributed by atoms with Gasteiger partial charge in [0, 0.05) is 25.9 Å². The molecule has 0 radical (unpaired) electrons. The lowest BCUT2D eigenvalue weighted by Gasteiger charge is -2.15. The standard InChI is InChI=1S/C14H18F3N3O2S/c1-18-13(20-10-4-5-10)19-8-9-3-6-12(23(2,21)22)11(7-9)14(15,16)17/h3,6-7,10H,4-5,8H2,1-2H3,(H2,18,19,20). The van der Waals surface area contributed by atoms with Crippen LogP contribution < -0.4 is 10.6 Å². The second-order valence-corrected chi connectivity index (χ2v) is 7.43. The fourth-order valence-corrected chi connectivity index (χ4v) is 2.92. The number of alkyl halides is 3. The van der Waals surface area contributed by atoms with E-state index in [1.807, 2.05) is 0 Å². The van der Waals surface area contributed by atoms with Gasteiger partial charge >= 0.3 is 6.18 Å². The molecule has 0 unspecified atom stereocenters. The van der Waals surface area contributed by atoms with Crippen LogP contribution in [0, 0.1) is 0 Å². The van der Waals surface area contributed by atoms with Crippen LogP contribution in [0.4, 0.5) is 13.2 Å². The second-order valence-electron chi connectivity index (χ2n) is 5.44. The zero-order valence-corrected chi connectivity index (χ0v) is 13.6. The summed E-state index contributed by atoms with van der Waals surface area (Å²) in [5.41, 5.74) is -0.826. The Bertz CT molecular complexity index is 710. The summed E-state index contributed by atoms with van der Waals surface area (Å²) in [7, 11) is -2.38. The highest BCUT2D eigenvalue weighted by Gasteiger charge is 2.36. The SMILES string of the molecule is CN=C(NCc1ccc(S(C)(=O)=O)c(C(F)(F)F)c1)NC1CC1. The Morgan fingerprint density at radius 1 is 1.35 bits per heavy atom. The molecule has 0 aliphatic heterocycles. The van der Waals surface area contributed by atoms with Crippen molar-refractivity contribution in [3.8, 4) is 0 Å². The third-order valence-corrected chi connectivity index (χ3v) is 4.51. The molecule has 0 atom stereocenters. The highest BCUT2D eigenvalue weighted by molar-refractivity contribution is 7.90. The van der Waals surface area contributed by atoms with Gasteiger partial charge in [0.05, 0.1) is 10.5 Å². The summed E-state index contributed by atoms with van der Waals surface area (Å²) < 4.78 is 62.3. The molecule has 23 heavy (non-hydrogen) atoms. The molecule has 1 fully saturated rings. The van der Waals surface area contributed by atoms with Crippen molar-refractivity contribution in [3.63, 3.8) is 0 Å². The van der Waals surface area contributed by atoms with Crippen LogP contribution in [0.5, 0.6) is 0 Å². The first kappa shape index (κ1) is 17.6. The van der Waals surface area contributed by atoms with Crippen LogP contribution in [0.2, 0.25) is 0 Å². The number of nitrogens with one attached hydrogen (secondary N) is 2. The van der Waals surface area contributed by atoms with Crippen molar-refractivity contribution >= 4 is 15.8 Å². The minimum Gasteiger partial charge on any atom is -0.354 e. The zero-order chi connectivity index (χ0) is 17.3. The monoisotopic (exact) mass is 349 g/mol. The topological polar surface area (TPSA) is 70.6 Å². The van der Waals surface area contributed by atoms with E-state index in [-0.39, 0.29) is 6.54 Å². The molecule has 0 bridgehead atoms. The van der Waals surface area contributed by atoms with E-state index in [2.05, 4.69) is 15.6 Å². The summed E-state index contributed by atoms with van der Waals surface area (Å²) in [5.74, 6) is 0.508. The largest absolute Gasteiger partial charge is 0.417 e. The third-order valence-electron chi connectivity index (χ3n) is 3.35. The molecule has 1 aliphatic rings. The lowest BCUT2D eigenvalue weighted by molar-refractivity contribution is -0.139. The second kappa shape index (κ2) is 6.38. The smallest absolute Gasteiger partial charge is 0.354 e. The van der Waals surface area contributed by atoms with Crippen LogP contribution in [-0.4, -0.2) is 33.7 Å². The average molecular weight is 349 g/mol. The van der Waals surface area contributed by atoms with Crippen LogP contribution >= 0.6 is 0 Å². The third kappa shape index (κ3) is 4.85. The first-order chi connectivity index (χ1) is 10.6. The summed E-state index contributed by atoms with van der Waals surface area (Å²) in [6.45, 7) is 0.111. The molecule has 2 N–H and O–H groups in total. The van der Waals surface area contributed by atoms with Crippen LogP contribution in [-0.2, 0) is 22.6 Å². The fourth-order valence-electron chi connectivity index (χ4n) is 2.03. The highest BCUT2D eigenvalue weighted by atomic mass is 32.2. The van der Waals surface area contributed by atoms with E-state index >= 15 is 0 Å². The van der Waals surface area contributed by atoms with Gasteiger partial charge in [0.15, 0.2) is 15.8 Å². The predicted octanol–water partition coefficient (Wildman–Crippen LogP) is 1.94. The minimum absolute atomic E-state index is 0.111. The highest BCUT2D eigenvalue weighted by Crippen LogP contribution is 2.34. The van der Waals surface area contributed by atoms with Gasteiger partial charge in [-0.2, -0.15) is 13.2 Å². The number of guanidine groups is 1. The van der Waals surface area contributed by atoms with Gasteiger partial charge in [-0.15, -0.1) is 0 Å². The number of rotatable bonds is 4. The van der Waals surface area contributed by atoms with Crippen molar-refractivity contribution in [1.29, 1.82) is 0 Å². The number of nitrogens with zero attached hydrogens (tertiary/aromatic N) is 1. The first-order valence-electron chi connectivity index (χ1n) is 6.98. The molecule has 1 saturated carbocycles. The van der Waals surface area contributed by atoms with Gasteiger partial charge in [0.1, 0.15) is 0 Å². The van der Waals surface area contributed by atoms with E-state index in [1.165, 1.54) is 6.07 Å². The Labute approximate surface area is 132 Å². The van der Waals surface area contributed by atoms with E-state index in [0.717, 1.165) is 31.2 Å². The van der Waals surface area contributed by atoms with Gasteiger partial charge in [0.2, 0.25) is 0 Å². The molecule has 1 aliphatic carbocycles. The normalized spacial score (nSPS) is 16.3. The number of sulfone groups is 1. The maximum absolute atomic E-state index is 13.1. The zero-order valence-electron chi connectivity index (χ0n) is 12.7. The van der Waals surface area contributed by atoms with Gasteiger partial charge in [-0.1, -0.05) is 6.07 Å². The molecule has 1 aromatic rings. The quantitative estimate of drug-likeness (QED) is 0.644. The number of aliphatic imine (C=N–C) groups is 1. The van der Waals surface area contributed by atoms with Crippen LogP contribution in [0.3, 0.4) is 0 Å². The Morgan fingerprint density at radius 3 is 2.48 bits per heavy atom. The van der Waals surface area contributed by atoms with Crippen molar-refractivity contribution in [2.24, 2.45) is 4.99 Å². The van der Waals surface area contributed by atoms with Crippen LogP contribution in [0.1, 0.15) is 24.0 Å². The van der Waals surface area contributed by atoms with Gasteiger partial charge in [-0.25, -0.2) is 8.42 Å². The number of halogens is 3. The summed E-state index contributed by atoms with van der Waals surface area (Å²) in [5, 5.41) is 6.03. The summed E-state index contributed by atoms with van der Waals surface area (Å²) in [6.07, 6.45) is -1.89. The minimum atomic E-state index is -4.73. The van der Waals surface area contributed by atoms with Crippen LogP contribution in [0.25, 0.3) is 0 Å². The molecule has 128 valence electrons. The Morgan fingerprint density at radius 2 is 2.00 bits per heavy atom. The van der Waals surface area contributed by atoms with Crippen molar-refractivity contribution < 1.29 is 21.6 Å². The number of hydrogen-bond acceptors (Lipinski definition) is 3. The number of hydrogen-bond donors (Lipinski definition) is 2. The van der Waals surface area contributed by atoms with E-state index in [4.69, 9.17) is 0 Å². The molecule has 0 heterocycles. The Balaban J connectivity index is 2.20. The molecule has 9 heteroatoms. The number of benzene rings is 1. The summed E-state index contributed by atoms with van der Waals surface area (Å²) in [4.78, 5) is 3.27. The molecule has 0 spiro atoms. The van der Waals surface area contributed by atoms with E-state index in [0.29, 0.717) is 17.6 Å². The van der Waals surface area contributed by atoms with E-state index in [1.54, 1.807) is 7.05 Å². The lowest BCUT2D eigenvalue weighted by Crippen LogP contribution is -2.38. The molecule has 5 nitrogen and oxygen atoms in total. The molecule has 1 aromatic carbocycles. The van der Waals surface area contributed by atoms with Crippen molar-refractivity contribution in [3.05, 3.63) is 29.3 Å². The molecule has 0 saturated heterocycles. The van der Waals surface area contributed by atoms with Crippen LogP contribution in [0.15, 0.2) is 28.1 Å². The van der Waals surface area contributed by atoms with Crippen molar-refractivity contribution in [1.82, 2.24) is 10.6 Å². The summed E-state index contributed by atoms with van der Waals surface area (Å²) >= 11 is 0. The van der Waals surface area contributed by atoms with Crippen molar-refractivity contribution in [2.75, 3.05) is 13.3 Å². The maximum atomic E-state index is 13.1. The van der Waals surface area contributed by atoms with E-state index in [9.17, 15) is 21.6 Å². The molecule has 0 aromatic heterocycles. The molecule has 2 rings (SSSR count). The van der Waals surface area contributed by atoms with Crippen molar-refractivity contribution in [2.45, 2.75) is 36.5 Å². The molecular formula is C14H18F3N3O2S. The van der Waals surface area contributed by atoms with E-state index < -0.39 is 26.5 Å².